The van der Waals surface area contributed by atoms with Crippen LogP contribution in [0.2, 0.25) is 0 Å². The summed E-state index contributed by atoms with van der Waals surface area (Å²) in [6.07, 6.45) is 2.10. The van der Waals surface area contributed by atoms with Crippen LogP contribution in [-0.2, 0) is 5.54 Å². The first kappa shape index (κ1) is 11.9. The summed E-state index contributed by atoms with van der Waals surface area (Å²) < 4.78 is 19.5. The summed E-state index contributed by atoms with van der Waals surface area (Å²) in [5.41, 5.74) is 0.704. The van der Waals surface area contributed by atoms with Crippen molar-refractivity contribution in [3.8, 4) is 5.75 Å². The number of hydrogen-bond acceptors (Lipinski definition) is 2. The van der Waals surface area contributed by atoms with Crippen molar-refractivity contribution in [2.75, 3.05) is 13.7 Å². The van der Waals surface area contributed by atoms with Crippen LogP contribution in [0.3, 0.4) is 0 Å². The summed E-state index contributed by atoms with van der Waals surface area (Å²) in [7, 11) is 1.61. The predicted octanol–water partition coefficient (Wildman–Crippen LogP) is 3.20. The molecule has 1 aliphatic rings. The van der Waals surface area contributed by atoms with Crippen molar-refractivity contribution in [1.82, 2.24) is 5.32 Å². The van der Waals surface area contributed by atoms with Crippen molar-refractivity contribution in [3.63, 3.8) is 0 Å². The van der Waals surface area contributed by atoms with Crippen molar-refractivity contribution >= 4 is 15.9 Å². The van der Waals surface area contributed by atoms with Crippen LogP contribution in [0, 0.1) is 5.82 Å². The molecule has 0 radical (unpaired) electrons. The van der Waals surface area contributed by atoms with E-state index in [-0.39, 0.29) is 11.4 Å². The topological polar surface area (TPSA) is 21.3 Å². The Kier molecular flexibility index (Phi) is 3.22. The molecule has 2 rings (SSSR count). The van der Waals surface area contributed by atoms with Crippen LogP contribution >= 0.6 is 15.9 Å². The molecule has 2 nitrogen and oxygen atoms in total. The SMILES string of the molecule is COc1c(Br)cc(F)cc1C1(C)CCCN1. The number of nitrogens with one attached hydrogen (secondary N) is 1. The average Bonchev–Trinajstić information content (AvgIpc) is 2.65. The van der Waals surface area contributed by atoms with E-state index in [0.717, 1.165) is 30.7 Å². The van der Waals surface area contributed by atoms with E-state index in [4.69, 9.17) is 4.74 Å². The molecule has 1 N–H and O–H groups in total. The van der Waals surface area contributed by atoms with Gasteiger partial charge in [-0.1, -0.05) is 0 Å². The minimum atomic E-state index is -0.238. The van der Waals surface area contributed by atoms with Gasteiger partial charge in [-0.05, 0) is 54.4 Å². The highest BCUT2D eigenvalue weighted by molar-refractivity contribution is 9.10. The van der Waals surface area contributed by atoms with Gasteiger partial charge in [-0.2, -0.15) is 0 Å². The van der Waals surface area contributed by atoms with Crippen molar-refractivity contribution in [3.05, 3.63) is 28.0 Å². The summed E-state index contributed by atoms with van der Waals surface area (Å²) >= 11 is 3.34. The first-order valence-electron chi connectivity index (χ1n) is 5.35. The van der Waals surface area contributed by atoms with Crippen LogP contribution in [0.5, 0.6) is 5.75 Å². The summed E-state index contributed by atoms with van der Waals surface area (Å²) in [6, 6.07) is 2.99. The second-order valence-electron chi connectivity index (χ2n) is 4.33. The second kappa shape index (κ2) is 4.34. The number of benzene rings is 1. The van der Waals surface area contributed by atoms with Crippen LogP contribution in [0.15, 0.2) is 16.6 Å². The molecular formula is C12H15BrFNO. The van der Waals surface area contributed by atoms with Crippen molar-refractivity contribution < 1.29 is 9.13 Å². The lowest BCUT2D eigenvalue weighted by molar-refractivity contribution is 0.366. The molecule has 1 saturated heterocycles. The maximum Gasteiger partial charge on any atom is 0.138 e. The molecule has 0 spiro atoms. The fourth-order valence-corrected chi connectivity index (χ4v) is 2.90. The summed E-state index contributed by atoms with van der Waals surface area (Å²) in [5.74, 6) is 0.482. The Balaban J connectivity index is 2.53. The summed E-state index contributed by atoms with van der Waals surface area (Å²) in [5, 5.41) is 3.41. The van der Waals surface area contributed by atoms with Gasteiger partial charge in [-0.25, -0.2) is 4.39 Å². The van der Waals surface area contributed by atoms with Crippen LogP contribution in [-0.4, -0.2) is 13.7 Å². The Morgan fingerprint density at radius 3 is 2.81 bits per heavy atom. The van der Waals surface area contributed by atoms with E-state index < -0.39 is 0 Å². The van der Waals surface area contributed by atoms with Crippen LogP contribution in [0.1, 0.15) is 25.3 Å². The zero-order valence-corrected chi connectivity index (χ0v) is 11.0. The van der Waals surface area contributed by atoms with Crippen molar-refractivity contribution in [2.24, 2.45) is 0 Å². The minimum absolute atomic E-state index is 0.185. The third kappa shape index (κ3) is 1.96. The standard InChI is InChI=1S/C12H15BrFNO/c1-12(4-3-5-15-12)9-6-8(14)7-10(13)11(9)16-2/h6-7,15H,3-5H2,1-2H3. The molecule has 0 bridgehead atoms. The van der Waals surface area contributed by atoms with Gasteiger partial charge in [0.25, 0.3) is 0 Å². The van der Waals surface area contributed by atoms with Crippen LogP contribution < -0.4 is 10.1 Å². The fraction of sp³-hybridized carbons (Fsp3) is 0.500. The number of hydrogen-bond donors (Lipinski definition) is 1. The molecule has 4 heteroatoms. The molecule has 0 aromatic heterocycles. The fourth-order valence-electron chi connectivity index (χ4n) is 2.30. The first-order valence-corrected chi connectivity index (χ1v) is 6.15. The number of methoxy groups -OCH3 is 1. The first-order chi connectivity index (χ1) is 7.57. The molecular weight excluding hydrogens is 273 g/mol. The quantitative estimate of drug-likeness (QED) is 0.902. The summed E-state index contributed by atoms with van der Waals surface area (Å²) in [4.78, 5) is 0. The highest BCUT2D eigenvalue weighted by Gasteiger charge is 2.33. The molecule has 1 aromatic rings. The number of ether oxygens (including phenoxy) is 1. The largest absolute Gasteiger partial charge is 0.495 e. The number of rotatable bonds is 2. The van der Waals surface area contributed by atoms with Crippen molar-refractivity contribution in [2.45, 2.75) is 25.3 Å². The lowest BCUT2D eigenvalue weighted by Gasteiger charge is -2.27. The Morgan fingerprint density at radius 1 is 1.50 bits per heavy atom. The molecule has 1 unspecified atom stereocenters. The maximum atomic E-state index is 13.5. The molecule has 0 amide bonds. The molecule has 88 valence electrons. The average molecular weight is 288 g/mol. The summed E-state index contributed by atoms with van der Waals surface area (Å²) in [6.45, 7) is 3.05. The zero-order chi connectivity index (χ0) is 11.8. The van der Waals surface area contributed by atoms with E-state index in [1.54, 1.807) is 13.2 Å². The Hall–Kier alpha value is -0.610. The Bertz CT molecular complexity index is 402. The molecule has 1 aromatic carbocycles. The van der Waals surface area contributed by atoms with Gasteiger partial charge in [0.1, 0.15) is 11.6 Å². The monoisotopic (exact) mass is 287 g/mol. The molecule has 1 fully saturated rings. The molecule has 0 saturated carbocycles. The van der Waals surface area contributed by atoms with E-state index in [1.165, 1.54) is 6.07 Å². The van der Waals surface area contributed by atoms with Gasteiger partial charge < -0.3 is 10.1 Å². The van der Waals surface area contributed by atoms with Gasteiger partial charge in [0, 0.05) is 11.1 Å². The third-order valence-electron chi connectivity index (χ3n) is 3.18. The number of halogens is 2. The van der Waals surface area contributed by atoms with E-state index in [2.05, 4.69) is 28.2 Å². The Labute approximate surface area is 103 Å². The molecule has 16 heavy (non-hydrogen) atoms. The molecule has 0 aliphatic carbocycles. The van der Waals surface area contributed by atoms with Crippen LogP contribution in [0.4, 0.5) is 4.39 Å². The predicted molar refractivity (Wildman–Crippen MR) is 65.2 cm³/mol. The molecule has 1 aliphatic heterocycles. The molecule has 1 heterocycles. The van der Waals surface area contributed by atoms with Gasteiger partial charge in [0.05, 0.1) is 11.6 Å². The van der Waals surface area contributed by atoms with E-state index >= 15 is 0 Å². The van der Waals surface area contributed by atoms with E-state index in [1.807, 2.05) is 0 Å². The Morgan fingerprint density at radius 2 is 2.25 bits per heavy atom. The van der Waals surface area contributed by atoms with E-state index in [0.29, 0.717) is 4.47 Å². The lowest BCUT2D eigenvalue weighted by atomic mass is 9.89. The minimum Gasteiger partial charge on any atom is -0.495 e. The van der Waals surface area contributed by atoms with Gasteiger partial charge >= 0.3 is 0 Å². The van der Waals surface area contributed by atoms with Crippen LogP contribution in [0.25, 0.3) is 0 Å². The zero-order valence-electron chi connectivity index (χ0n) is 9.44. The normalized spacial score (nSPS) is 24.8. The third-order valence-corrected chi connectivity index (χ3v) is 3.76. The lowest BCUT2D eigenvalue weighted by Crippen LogP contribution is -2.33. The highest BCUT2D eigenvalue weighted by atomic mass is 79.9. The van der Waals surface area contributed by atoms with Gasteiger partial charge in [0.2, 0.25) is 0 Å². The maximum absolute atomic E-state index is 13.5. The van der Waals surface area contributed by atoms with Crippen molar-refractivity contribution in [1.29, 1.82) is 0 Å². The van der Waals surface area contributed by atoms with E-state index in [9.17, 15) is 4.39 Å². The van der Waals surface area contributed by atoms with Gasteiger partial charge in [0.15, 0.2) is 0 Å². The smallest absolute Gasteiger partial charge is 0.138 e. The second-order valence-corrected chi connectivity index (χ2v) is 5.19. The van der Waals surface area contributed by atoms with Gasteiger partial charge in [-0.15, -0.1) is 0 Å². The molecule has 1 atom stereocenters. The highest BCUT2D eigenvalue weighted by Crippen LogP contribution is 2.40. The van der Waals surface area contributed by atoms with Gasteiger partial charge in [-0.3, -0.25) is 0 Å².